The molecule has 3 heteroatoms. The summed E-state index contributed by atoms with van der Waals surface area (Å²) in [5.74, 6) is 0. The highest BCUT2D eigenvalue weighted by Crippen LogP contribution is 2.44. The summed E-state index contributed by atoms with van der Waals surface area (Å²) in [5.41, 5.74) is 0.326. The smallest absolute Gasteiger partial charge is 0.0582 e. The van der Waals surface area contributed by atoms with Gasteiger partial charge < -0.3 is 9.84 Å². The molecule has 0 saturated carbocycles. The van der Waals surface area contributed by atoms with Crippen molar-refractivity contribution in [1.82, 2.24) is 0 Å². The molecule has 0 spiro atoms. The Labute approximate surface area is 104 Å². The molecule has 1 saturated heterocycles. The monoisotopic (exact) mass is 246 g/mol. The zero-order chi connectivity index (χ0) is 12.2. The van der Waals surface area contributed by atoms with Crippen LogP contribution in [0.5, 0.6) is 0 Å². The van der Waals surface area contributed by atoms with Gasteiger partial charge in [-0.3, -0.25) is 0 Å². The summed E-state index contributed by atoms with van der Waals surface area (Å²) in [7, 11) is 1.74. The fourth-order valence-electron chi connectivity index (χ4n) is 2.59. The molecule has 1 aliphatic rings. The molecule has 16 heavy (non-hydrogen) atoms. The van der Waals surface area contributed by atoms with E-state index in [1.165, 1.54) is 12.8 Å². The van der Waals surface area contributed by atoms with Crippen LogP contribution in [0.15, 0.2) is 0 Å². The highest BCUT2D eigenvalue weighted by atomic mass is 32.2. The highest BCUT2D eigenvalue weighted by Gasteiger charge is 2.37. The first-order valence-corrected chi connectivity index (χ1v) is 7.26. The first kappa shape index (κ1) is 14.3. The lowest BCUT2D eigenvalue weighted by molar-refractivity contribution is 0.110. The Morgan fingerprint density at radius 1 is 1.38 bits per heavy atom. The quantitative estimate of drug-likeness (QED) is 0.808. The van der Waals surface area contributed by atoms with Gasteiger partial charge in [-0.25, -0.2) is 0 Å². The molecule has 1 fully saturated rings. The maximum absolute atomic E-state index is 9.94. The molecule has 3 unspecified atom stereocenters. The molecule has 0 aliphatic carbocycles. The average molecular weight is 246 g/mol. The van der Waals surface area contributed by atoms with Crippen LogP contribution in [0.4, 0.5) is 0 Å². The van der Waals surface area contributed by atoms with E-state index in [1.807, 2.05) is 11.8 Å². The highest BCUT2D eigenvalue weighted by molar-refractivity contribution is 8.00. The standard InChI is InChI=1S/C13H26O2S/c1-5-6-13(2,3)12-8-10(14)7-11(16-12)9-15-4/h10-12,14H,5-9H2,1-4H3. The number of aliphatic hydroxyl groups excluding tert-OH is 1. The molecule has 0 aromatic heterocycles. The molecule has 1 aliphatic heterocycles. The lowest BCUT2D eigenvalue weighted by Gasteiger charge is -2.41. The Bertz CT molecular complexity index is 206. The van der Waals surface area contributed by atoms with Crippen molar-refractivity contribution in [3.05, 3.63) is 0 Å². The summed E-state index contributed by atoms with van der Waals surface area (Å²) in [6.07, 6.45) is 4.14. The number of thioether (sulfide) groups is 1. The fourth-order valence-corrected chi connectivity index (χ4v) is 4.42. The lowest BCUT2D eigenvalue weighted by atomic mass is 9.81. The van der Waals surface area contributed by atoms with E-state index in [-0.39, 0.29) is 6.10 Å². The summed E-state index contributed by atoms with van der Waals surface area (Å²) < 4.78 is 5.22. The van der Waals surface area contributed by atoms with E-state index in [0.29, 0.717) is 15.9 Å². The minimum absolute atomic E-state index is 0.137. The molecule has 1 heterocycles. The van der Waals surface area contributed by atoms with E-state index in [9.17, 15) is 5.11 Å². The van der Waals surface area contributed by atoms with Gasteiger partial charge in [0.2, 0.25) is 0 Å². The fraction of sp³-hybridized carbons (Fsp3) is 1.00. The van der Waals surface area contributed by atoms with Crippen LogP contribution < -0.4 is 0 Å². The van der Waals surface area contributed by atoms with E-state index in [4.69, 9.17) is 4.74 Å². The molecule has 0 amide bonds. The predicted octanol–water partition coefficient (Wildman–Crippen LogP) is 3.08. The van der Waals surface area contributed by atoms with Crippen LogP contribution in [0.25, 0.3) is 0 Å². The summed E-state index contributed by atoms with van der Waals surface area (Å²) >= 11 is 2.02. The van der Waals surface area contributed by atoms with E-state index in [0.717, 1.165) is 19.4 Å². The summed E-state index contributed by atoms with van der Waals surface area (Å²) in [6, 6.07) is 0. The third kappa shape index (κ3) is 3.94. The number of hydrogen-bond donors (Lipinski definition) is 1. The van der Waals surface area contributed by atoms with E-state index >= 15 is 0 Å². The number of methoxy groups -OCH3 is 1. The number of hydrogen-bond acceptors (Lipinski definition) is 3. The van der Waals surface area contributed by atoms with Gasteiger partial charge in [0.05, 0.1) is 12.7 Å². The van der Waals surface area contributed by atoms with Crippen LogP contribution in [0.3, 0.4) is 0 Å². The molecule has 0 aromatic carbocycles. The van der Waals surface area contributed by atoms with E-state index < -0.39 is 0 Å². The van der Waals surface area contributed by atoms with Gasteiger partial charge in [-0.2, -0.15) is 11.8 Å². The Balaban J connectivity index is 2.58. The second-order valence-corrected chi connectivity index (χ2v) is 7.07. The summed E-state index contributed by atoms with van der Waals surface area (Å²) in [6.45, 7) is 7.66. The third-order valence-electron chi connectivity index (χ3n) is 3.50. The number of aliphatic hydroxyl groups is 1. The van der Waals surface area contributed by atoms with Crippen LogP contribution >= 0.6 is 11.8 Å². The Morgan fingerprint density at radius 2 is 2.06 bits per heavy atom. The Hall–Kier alpha value is 0.270. The molecule has 2 nitrogen and oxygen atoms in total. The van der Waals surface area contributed by atoms with Crippen LogP contribution in [-0.2, 0) is 4.74 Å². The minimum atomic E-state index is -0.137. The van der Waals surface area contributed by atoms with Crippen molar-refractivity contribution in [2.45, 2.75) is 63.1 Å². The maximum atomic E-state index is 9.94. The topological polar surface area (TPSA) is 29.5 Å². The van der Waals surface area contributed by atoms with Gasteiger partial charge in [0.1, 0.15) is 0 Å². The van der Waals surface area contributed by atoms with Gasteiger partial charge in [-0.1, -0.05) is 27.2 Å². The minimum Gasteiger partial charge on any atom is -0.393 e. The maximum Gasteiger partial charge on any atom is 0.0582 e. The molecule has 1 N–H and O–H groups in total. The zero-order valence-corrected chi connectivity index (χ0v) is 11.8. The van der Waals surface area contributed by atoms with E-state index in [1.54, 1.807) is 7.11 Å². The van der Waals surface area contributed by atoms with Crippen LogP contribution in [-0.4, -0.2) is 35.4 Å². The van der Waals surface area contributed by atoms with Crippen molar-refractivity contribution in [2.24, 2.45) is 5.41 Å². The normalized spacial score (nSPS) is 31.7. The van der Waals surface area contributed by atoms with E-state index in [2.05, 4.69) is 20.8 Å². The SMILES string of the molecule is CCCC(C)(C)C1CC(O)CC(COC)S1. The average Bonchev–Trinajstić information content (AvgIpc) is 2.17. The van der Waals surface area contributed by atoms with Gasteiger partial charge in [-0.15, -0.1) is 0 Å². The van der Waals surface area contributed by atoms with Gasteiger partial charge in [-0.05, 0) is 24.7 Å². The van der Waals surface area contributed by atoms with Crippen LogP contribution in [0.1, 0.15) is 46.5 Å². The summed E-state index contributed by atoms with van der Waals surface area (Å²) in [4.78, 5) is 0. The van der Waals surface area contributed by atoms with Gasteiger partial charge in [0, 0.05) is 17.6 Å². The van der Waals surface area contributed by atoms with Crippen molar-refractivity contribution in [3.63, 3.8) is 0 Å². The lowest BCUT2D eigenvalue weighted by Crippen LogP contribution is -2.38. The second-order valence-electron chi connectivity index (χ2n) is 5.57. The van der Waals surface area contributed by atoms with Crippen molar-refractivity contribution in [1.29, 1.82) is 0 Å². The second kappa shape index (κ2) is 6.27. The molecule has 0 bridgehead atoms. The zero-order valence-electron chi connectivity index (χ0n) is 11.0. The Kier molecular flexibility index (Phi) is 5.62. The van der Waals surface area contributed by atoms with Gasteiger partial charge in [0.15, 0.2) is 0 Å². The van der Waals surface area contributed by atoms with Crippen LogP contribution in [0, 0.1) is 5.41 Å². The largest absolute Gasteiger partial charge is 0.393 e. The number of ether oxygens (including phenoxy) is 1. The first-order valence-electron chi connectivity index (χ1n) is 6.32. The van der Waals surface area contributed by atoms with Crippen LogP contribution in [0.2, 0.25) is 0 Å². The third-order valence-corrected chi connectivity index (χ3v) is 5.37. The molecular formula is C13H26O2S. The van der Waals surface area contributed by atoms with Gasteiger partial charge >= 0.3 is 0 Å². The molecule has 1 rings (SSSR count). The van der Waals surface area contributed by atoms with Crippen molar-refractivity contribution >= 4 is 11.8 Å². The molecule has 3 atom stereocenters. The number of rotatable bonds is 5. The predicted molar refractivity (Wildman–Crippen MR) is 71.0 cm³/mol. The first-order chi connectivity index (χ1) is 7.49. The molecule has 0 radical (unpaired) electrons. The van der Waals surface area contributed by atoms with Crippen molar-refractivity contribution in [3.8, 4) is 0 Å². The van der Waals surface area contributed by atoms with Crippen molar-refractivity contribution < 1.29 is 9.84 Å². The summed E-state index contributed by atoms with van der Waals surface area (Å²) in [5, 5.41) is 11.0. The molecule has 96 valence electrons. The van der Waals surface area contributed by atoms with Gasteiger partial charge in [0.25, 0.3) is 0 Å². The molecular weight excluding hydrogens is 220 g/mol. The Morgan fingerprint density at radius 3 is 2.62 bits per heavy atom. The molecule has 0 aromatic rings. The van der Waals surface area contributed by atoms with Crippen molar-refractivity contribution in [2.75, 3.05) is 13.7 Å².